The van der Waals surface area contributed by atoms with Crippen molar-refractivity contribution in [3.05, 3.63) is 30.3 Å². The van der Waals surface area contributed by atoms with Gasteiger partial charge >= 0.3 is 0 Å². The van der Waals surface area contributed by atoms with Crippen molar-refractivity contribution in [3.63, 3.8) is 0 Å². The molecule has 0 spiro atoms. The maximum atomic E-state index is 11.9. The highest BCUT2D eigenvalue weighted by atomic mass is 32.2. The standard InChI is InChI=1S/C11H16N2O4S/c12-9-7-17-10(11(9)14)6-13-18(15,16)8-4-2-1-3-5-8/h1-5,9-11,13-14H,6-7,12H2. The van der Waals surface area contributed by atoms with Crippen LogP contribution in [0.3, 0.4) is 0 Å². The van der Waals surface area contributed by atoms with E-state index in [1.165, 1.54) is 12.1 Å². The van der Waals surface area contributed by atoms with Crippen molar-refractivity contribution in [1.29, 1.82) is 0 Å². The molecule has 0 aliphatic carbocycles. The molecule has 1 saturated heterocycles. The van der Waals surface area contributed by atoms with E-state index in [0.29, 0.717) is 0 Å². The number of ether oxygens (including phenoxy) is 1. The van der Waals surface area contributed by atoms with Gasteiger partial charge in [-0.3, -0.25) is 0 Å². The molecule has 4 N–H and O–H groups in total. The van der Waals surface area contributed by atoms with Crippen molar-refractivity contribution in [2.75, 3.05) is 13.2 Å². The van der Waals surface area contributed by atoms with Crippen molar-refractivity contribution >= 4 is 10.0 Å². The van der Waals surface area contributed by atoms with Gasteiger partial charge in [-0.25, -0.2) is 13.1 Å². The van der Waals surface area contributed by atoms with Gasteiger partial charge in [0.1, 0.15) is 0 Å². The summed E-state index contributed by atoms with van der Waals surface area (Å²) in [4.78, 5) is 0.182. The average molecular weight is 272 g/mol. The summed E-state index contributed by atoms with van der Waals surface area (Å²) in [6.45, 7) is 0.241. The Morgan fingerprint density at radius 3 is 2.61 bits per heavy atom. The third kappa shape index (κ3) is 2.88. The number of rotatable bonds is 4. The summed E-state index contributed by atoms with van der Waals surface area (Å²) in [6, 6.07) is 7.56. The zero-order valence-corrected chi connectivity index (χ0v) is 10.5. The molecule has 7 heteroatoms. The van der Waals surface area contributed by atoms with E-state index in [1.54, 1.807) is 18.2 Å². The summed E-state index contributed by atoms with van der Waals surface area (Å²) >= 11 is 0. The third-order valence-electron chi connectivity index (χ3n) is 2.85. The lowest BCUT2D eigenvalue weighted by atomic mass is 10.1. The number of nitrogens with two attached hydrogens (primary N) is 1. The molecule has 1 aromatic carbocycles. The highest BCUT2D eigenvalue weighted by Crippen LogP contribution is 2.13. The topological polar surface area (TPSA) is 102 Å². The summed E-state index contributed by atoms with van der Waals surface area (Å²) in [5, 5.41) is 9.64. The second kappa shape index (κ2) is 5.33. The highest BCUT2D eigenvalue weighted by Gasteiger charge is 2.34. The van der Waals surface area contributed by atoms with E-state index < -0.39 is 28.3 Å². The van der Waals surface area contributed by atoms with Crippen LogP contribution in [0, 0.1) is 0 Å². The first-order valence-electron chi connectivity index (χ1n) is 5.60. The number of hydrogen-bond donors (Lipinski definition) is 3. The van der Waals surface area contributed by atoms with Gasteiger partial charge in [0.2, 0.25) is 10.0 Å². The molecule has 6 nitrogen and oxygen atoms in total. The summed E-state index contributed by atoms with van der Waals surface area (Å²) < 4.78 is 31.4. The number of nitrogens with one attached hydrogen (secondary N) is 1. The smallest absolute Gasteiger partial charge is 0.240 e. The molecular weight excluding hydrogens is 256 g/mol. The normalized spacial score (nSPS) is 28.4. The first kappa shape index (κ1) is 13.4. The van der Waals surface area contributed by atoms with E-state index in [1.807, 2.05) is 0 Å². The molecule has 3 unspecified atom stereocenters. The molecular formula is C11H16N2O4S. The minimum Gasteiger partial charge on any atom is -0.389 e. The zero-order chi connectivity index (χ0) is 13.2. The fourth-order valence-corrected chi connectivity index (χ4v) is 2.83. The number of benzene rings is 1. The SMILES string of the molecule is NC1COC(CNS(=O)(=O)c2ccccc2)C1O. The predicted octanol–water partition coefficient (Wildman–Crippen LogP) is -0.948. The molecule has 1 aromatic rings. The van der Waals surface area contributed by atoms with Gasteiger partial charge in [0, 0.05) is 6.54 Å². The fourth-order valence-electron chi connectivity index (χ4n) is 1.76. The lowest BCUT2D eigenvalue weighted by Crippen LogP contribution is -2.42. The van der Waals surface area contributed by atoms with Crippen LogP contribution in [0.4, 0.5) is 0 Å². The maximum absolute atomic E-state index is 11.9. The Bertz CT molecular complexity index is 491. The van der Waals surface area contributed by atoms with Gasteiger partial charge in [0.25, 0.3) is 0 Å². The van der Waals surface area contributed by atoms with Crippen LogP contribution in [0.1, 0.15) is 0 Å². The Morgan fingerprint density at radius 2 is 2.06 bits per heavy atom. The predicted molar refractivity (Wildman–Crippen MR) is 65.4 cm³/mol. The molecule has 3 atom stereocenters. The molecule has 0 bridgehead atoms. The largest absolute Gasteiger partial charge is 0.389 e. The van der Waals surface area contributed by atoms with Crippen LogP contribution >= 0.6 is 0 Å². The summed E-state index contributed by atoms with van der Waals surface area (Å²) in [6.07, 6.45) is -1.44. The summed E-state index contributed by atoms with van der Waals surface area (Å²) in [5.74, 6) is 0. The van der Waals surface area contributed by atoms with Crippen molar-refractivity contribution in [2.45, 2.75) is 23.1 Å². The minimum atomic E-state index is -3.57. The van der Waals surface area contributed by atoms with Crippen LogP contribution in [0.2, 0.25) is 0 Å². The molecule has 0 aromatic heterocycles. The maximum Gasteiger partial charge on any atom is 0.240 e. The Morgan fingerprint density at radius 1 is 1.39 bits per heavy atom. The monoisotopic (exact) mass is 272 g/mol. The number of aliphatic hydroxyl groups is 1. The second-order valence-corrected chi connectivity index (χ2v) is 5.96. The van der Waals surface area contributed by atoms with Crippen LogP contribution in [0.5, 0.6) is 0 Å². The molecule has 1 fully saturated rings. The van der Waals surface area contributed by atoms with Gasteiger partial charge in [0.05, 0.1) is 29.8 Å². The molecule has 2 rings (SSSR count). The average Bonchev–Trinajstić information content (AvgIpc) is 2.69. The van der Waals surface area contributed by atoms with E-state index in [0.717, 1.165) is 0 Å². The van der Waals surface area contributed by atoms with Crippen LogP contribution in [-0.4, -0.2) is 44.9 Å². The summed E-state index contributed by atoms with van der Waals surface area (Å²) in [7, 11) is -3.57. The van der Waals surface area contributed by atoms with E-state index in [4.69, 9.17) is 10.5 Å². The van der Waals surface area contributed by atoms with Crippen molar-refractivity contribution in [3.8, 4) is 0 Å². The Hall–Kier alpha value is -0.990. The minimum absolute atomic E-state index is 0.00605. The Kier molecular flexibility index (Phi) is 3.98. The van der Waals surface area contributed by atoms with Gasteiger partial charge in [-0.2, -0.15) is 0 Å². The van der Waals surface area contributed by atoms with Crippen molar-refractivity contribution in [2.24, 2.45) is 5.73 Å². The van der Waals surface area contributed by atoms with Crippen molar-refractivity contribution in [1.82, 2.24) is 4.72 Å². The van der Waals surface area contributed by atoms with E-state index in [-0.39, 0.29) is 18.0 Å². The van der Waals surface area contributed by atoms with Crippen molar-refractivity contribution < 1.29 is 18.3 Å². The van der Waals surface area contributed by atoms with E-state index in [9.17, 15) is 13.5 Å². The first-order valence-corrected chi connectivity index (χ1v) is 7.09. The quantitative estimate of drug-likeness (QED) is 0.656. The van der Waals surface area contributed by atoms with Crippen LogP contribution in [-0.2, 0) is 14.8 Å². The highest BCUT2D eigenvalue weighted by molar-refractivity contribution is 7.89. The lowest BCUT2D eigenvalue weighted by Gasteiger charge is -2.15. The Labute approximate surface area is 106 Å². The van der Waals surface area contributed by atoms with Gasteiger partial charge in [-0.15, -0.1) is 0 Å². The first-order chi connectivity index (χ1) is 8.50. The molecule has 100 valence electrons. The van der Waals surface area contributed by atoms with Gasteiger partial charge in [-0.05, 0) is 12.1 Å². The molecule has 18 heavy (non-hydrogen) atoms. The molecule has 0 saturated carbocycles. The van der Waals surface area contributed by atoms with Gasteiger partial charge < -0.3 is 15.6 Å². The molecule has 0 amide bonds. The molecule has 1 aliphatic rings. The summed E-state index contributed by atoms with van der Waals surface area (Å²) in [5.41, 5.74) is 5.57. The lowest BCUT2D eigenvalue weighted by molar-refractivity contribution is 0.0453. The van der Waals surface area contributed by atoms with Gasteiger partial charge in [-0.1, -0.05) is 18.2 Å². The van der Waals surface area contributed by atoms with Gasteiger partial charge in [0.15, 0.2) is 0 Å². The number of sulfonamides is 1. The molecule has 1 aliphatic heterocycles. The fraction of sp³-hybridized carbons (Fsp3) is 0.455. The zero-order valence-electron chi connectivity index (χ0n) is 9.69. The van der Waals surface area contributed by atoms with Crippen LogP contribution in [0.15, 0.2) is 35.2 Å². The number of aliphatic hydroxyl groups excluding tert-OH is 1. The molecule has 1 heterocycles. The van der Waals surface area contributed by atoms with Crippen LogP contribution < -0.4 is 10.5 Å². The third-order valence-corrected chi connectivity index (χ3v) is 4.29. The second-order valence-electron chi connectivity index (χ2n) is 4.19. The van der Waals surface area contributed by atoms with Crippen LogP contribution in [0.25, 0.3) is 0 Å². The van der Waals surface area contributed by atoms with E-state index >= 15 is 0 Å². The molecule has 0 radical (unpaired) electrons. The Balaban J connectivity index is 1.98. The number of hydrogen-bond acceptors (Lipinski definition) is 5. The van der Waals surface area contributed by atoms with E-state index in [2.05, 4.69) is 4.72 Å².